The lowest BCUT2D eigenvalue weighted by atomic mass is 9.87. The molecule has 0 spiro atoms. The van der Waals surface area contributed by atoms with Crippen LogP contribution in [0.5, 0.6) is 0 Å². The van der Waals surface area contributed by atoms with Gasteiger partial charge in [-0.25, -0.2) is 17.9 Å². The summed E-state index contributed by atoms with van der Waals surface area (Å²) in [5, 5.41) is 4.99. The third-order valence-corrected chi connectivity index (χ3v) is 6.39. The molecular formula is C19H15BrFNO2S2. The van der Waals surface area contributed by atoms with Crippen LogP contribution in [0.15, 0.2) is 64.0 Å². The first-order valence-corrected chi connectivity index (χ1v) is 10.4. The molecule has 0 heterocycles. The smallest absolute Gasteiger partial charge is 0.225 e. The minimum atomic E-state index is -4.09. The van der Waals surface area contributed by atoms with Gasteiger partial charge in [0.1, 0.15) is 10.7 Å². The van der Waals surface area contributed by atoms with Gasteiger partial charge in [-0.1, -0.05) is 58.5 Å². The van der Waals surface area contributed by atoms with Crippen molar-refractivity contribution in [1.82, 2.24) is 0 Å². The van der Waals surface area contributed by atoms with Crippen LogP contribution >= 0.6 is 28.1 Å². The van der Waals surface area contributed by atoms with Crippen molar-refractivity contribution in [1.29, 1.82) is 0 Å². The fourth-order valence-electron chi connectivity index (χ4n) is 2.81. The van der Waals surface area contributed by atoms with Gasteiger partial charge in [0, 0.05) is 15.3 Å². The third kappa shape index (κ3) is 3.86. The zero-order valence-electron chi connectivity index (χ0n) is 13.7. The van der Waals surface area contributed by atoms with Crippen molar-refractivity contribution >= 4 is 48.6 Å². The summed E-state index contributed by atoms with van der Waals surface area (Å²) in [6.07, 6.45) is 5.64. The second-order valence-electron chi connectivity index (χ2n) is 6.04. The van der Waals surface area contributed by atoms with E-state index in [9.17, 15) is 12.8 Å². The summed E-state index contributed by atoms with van der Waals surface area (Å²) in [5.74, 6) is -0.912. The number of allylic oxidation sites excluding steroid dienone is 4. The molecule has 0 aliphatic heterocycles. The number of thiocarbonyl (C=S) groups is 1. The molecule has 2 aromatic carbocycles. The quantitative estimate of drug-likeness (QED) is 0.690. The molecular weight excluding hydrogens is 437 g/mol. The fraction of sp³-hybridized carbons (Fsp3) is 0.105. The molecule has 0 saturated heterocycles. The van der Waals surface area contributed by atoms with Gasteiger partial charge in [0.25, 0.3) is 0 Å². The van der Waals surface area contributed by atoms with Gasteiger partial charge in [0.05, 0.1) is 0 Å². The lowest BCUT2D eigenvalue weighted by Gasteiger charge is -2.19. The molecule has 1 aliphatic rings. The zero-order chi connectivity index (χ0) is 19.1. The maximum Gasteiger partial charge on any atom is 0.240 e. The molecule has 134 valence electrons. The Balaban J connectivity index is 1.91. The molecule has 0 fully saturated rings. The first kappa shape index (κ1) is 19.1. The Kier molecular flexibility index (Phi) is 5.25. The minimum Gasteiger partial charge on any atom is -0.225 e. The predicted molar refractivity (Wildman–Crippen MR) is 109 cm³/mol. The molecule has 0 radical (unpaired) electrons. The average molecular weight is 452 g/mol. The lowest BCUT2D eigenvalue weighted by molar-refractivity contribution is 0.568. The van der Waals surface area contributed by atoms with Crippen LogP contribution in [0.4, 0.5) is 4.39 Å². The van der Waals surface area contributed by atoms with Crippen LogP contribution in [-0.2, 0) is 10.0 Å². The molecule has 0 bridgehead atoms. The van der Waals surface area contributed by atoms with E-state index in [1.165, 1.54) is 12.1 Å². The van der Waals surface area contributed by atoms with Crippen molar-refractivity contribution in [3.05, 3.63) is 81.6 Å². The minimum absolute atomic E-state index is 0.0333. The predicted octanol–water partition coefficient (Wildman–Crippen LogP) is 4.65. The van der Waals surface area contributed by atoms with E-state index in [0.29, 0.717) is 10.4 Å². The molecule has 26 heavy (non-hydrogen) atoms. The number of hydrogen-bond donors (Lipinski definition) is 1. The van der Waals surface area contributed by atoms with Crippen molar-refractivity contribution in [2.24, 2.45) is 5.14 Å². The number of nitrogens with two attached hydrogens (primary N) is 1. The standard InChI is InChI=1S/C19H15BrFNO2S2/c1-11-8-14(3-6-16(11)20)15-5-2-13(10-18(15)25)12-4-7-19(17(21)9-12)26(22,23)24/h2-10,15H,1H3,(H2,22,23,24). The Bertz CT molecular complexity index is 1070. The van der Waals surface area contributed by atoms with Crippen LogP contribution in [0.2, 0.25) is 0 Å². The molecule has 0 aromatic heterocycles. The van der Waals surface area contributed by atoms with Crippen molar-refractivity contribution in [2.75, 3.05) is 0 Å². The van der Waals surface area contributed by atoms with E-state index >= 15 is 0 Å². The molecule has 7 heteroatoms. The van der Waals surface area contributed by atoms with Crippen molar-refractivity contribution in [2.45, 2.75) is 17.7 Å². The first-order chi connectivity index (χ1) is 12.2. The molecule has 0 saturated carbocycles. The van der Waals surface area contributed by atoms with Crippen LogP contribution in [0, 0.1) is 12.7 Å². The average Bonchev–Trinajstić information content (AvgIpc) is 2.56. The van der Waals surface area contributed by atoms with Gasteiger partial charge in [-0.15, -0.1) is 0 Å². The second kappa shape index (κ2) is 7.15. The number of halogens is 2. The maximum atomic E-state index is 14.1. The van der Waals surface area contributed by atoms with Crippen LogP contribution in [0.1, 0.15) is 22.6 Å². The van der Waals surface area contributed by atoms with E-state index in [1.54, 1.807) is 0 Å². The molecule has 0 amide bonds. The number of aryl methyl sites for hydroxylation is 1. The Hall–Kier alpha value is -1.67. The van der Waals surface area contributed by atoms with E-state index in [1.807, 2.05) is 37.3 Å². The summed E-state index contributed by atoms with van der Waals surface area (Å²) in [7, 11) is -4.09. The van der Waals surface area contributed by atoms with E-state index < -0.39 is 20.7 Å². The summed E-state index contributed by atoms with van der Waals surface area (Å²) in [5.41, 5.74) is 3.46. The summed E-state index contributed by atoms with van der Waals surface area (Å²) in [6, 6.07) is 9.92. The first-order valence-electron chi connectivity index (χ1n) is 7.69. The normalized spacial score (nSPS) is 17.3. The summed E-state index contributed by atoms with van der Waals surface area (Å²) < 4.78 is 37.8. The van der Waals surface area contributed by atoms with Gasteiger partial charge in [-0.05, 0) is 53.5 Å². The fourth-order valence-corrected chi connectivity index (χ4v) is 3.99. The number of hydrogen-bond acceptors (Lipinski definition) is 3. The molecule has 3 rings (SSSR count). The molecule has 1 aliphatic carbocycles. The monoisotopic (exact) mass is 451 g/mol. The highest BCUT2D eigenvalue weighted by atomic mass is 79.9. The third-order valence-electron chi connectivity index (χ3n) is 4.19. The molecule has 2 aromatic rings. The van der Waals surface area contributed by atoms with Crippen LogP contribution < -0.4 is 5.14 Å². The largest absolute Gasteiger partial charge is 0.240 e. The Labute approximate surface area is 165 Å². The highest BCUT2D eigenvalue weighted by molar-refractivity contribution is 9.10. The Morgan fingerprint density at radius 1 is 1.19 bits per heavy atom. The van der Waals surface area contributed by atoms with Crippen LogP contribution in [0.3, 0.4) is 0 Å². The number of sulfonamides is 1. The number of rotatable bonds is 3. The molecule has 1 atom stereocenters. The number of primary sulfonamides is 1. The van der Waals surface area contributed by atoms with Crippen molar-refractivity contribution < 1.29 is 12.8 Å². The lowest BCUT2D eigenvalue weighted by Crippen LogP contribution is -2.14. The summed E-state index contributed by atoms with van der Waals surface area (Å²) in [6.45, 7) is 2.01. The van der Waals surface area contributed by atoms with Gasteiger partial charge < -0.3 is 0 Å². The van der Waals surface area contributed by atoms with E-state index in [4.69, 9.17) is 17.4 Å². The molecule has 2 N–H and O–H groups in total. The highest BCUT2D eigenvalue weighted by Crippen LogP contribution is 2.31. The van der Waals surface area contributed by atoms with Crippen LogP contribution in [-0.4, -0.2) is 13.3 Å². The van der Waals surface area contributed by atoms with Crippen molar-refractivity contribution in [3.8, 4) is 0 Å². The molecule has 3 nitrogen and oxygen atoms in total. The maximum absolute atomic E-state index is 14.1. The highest BCUT2D eigenvalue weighted by Gasteiger charge is 2.19. The van der Waals surface area contributed by atoms with Gasteiger partial charge in [0.15, 0.2) is 0 Å². The topological polar surface area (TPSA) is 60.2 Å². The van der Waals surface area contributed by atoms with E-state index in [2.05, 4.69) is 22.0 Å². The second-order valence-corrected chi connectivity index (χ2v) is 8.89. The zero-order valence-corrected chi connectivity index (χ0v) is 17.0. The Morgan fingerprint density at radius 3 is 2.50 bits per heavy atom. The van der Waals surface area contributed by atoms with Gasteiger partial charge in [0.2, 0.25) is 10.0 Å². The van der Waals surface area contributed by atoms with Gasteiger partial charge >= 0.3 is 0 Å². The van der Waals surface area contributed by atoms with Gasteiger partial charge in [-0.2, -0.15) is 0 Å². The molecule has 1 unspecified atom stereocenters. The van der Waals surface area contributed by atoms with E-state index in [0.717, 1.165) is 27.2 Å². The Morgan fingerprint density at radius 2 is 1.92 bits per heavy atom. The van der Waals surface area contributed by atoms with Crippen molar-refractivity contribution in [3.63, 3.8) is 0 Å². The summed E-state index contributed by atoms with van der Waals surface area (Å²) in [4.78, 5) is 0.188. The SMILES string of the molecule is Cc1cc(C2C=CC(c3ccc(S(N)(=O)=O)c(F)c3)=CC2=S)ccc1Br. The van der Waals surface area contributed by atoms with Gasteiger partial charge in [-0.3, -0.25) is 0 Å². The summed E-state index contributed by atoms with van der Waals surface area (Å²) >= 11 is 9.02. The number of benzene rings is 2. The van der Waals surface area contributed by atoms with Crippen LogP contribution in [0.25, 0.3) is 5.57 Å². The van der Waals surface area contributed by atoms with E-state index in [-0.39, 0.29) is 5.92 Å².